The predicted molar refractivity (Wildman–Crippen MR) is 320 cm³/mol. The number of benzene rings is 3. The SMILES string of the molecule is C#Cc1c(F)ccc2cccc(-c3ncc4c(N5CCCC(C)C5)nc(OC)nc4c3F)c12.CC1CCC(=O)NC1=O.CCC(C)C=O.Cc1ccc(C2CCN(C3CCN(C(=O)OCC4CCC5CCCN54)CC3)CC2)cc1N(C)C. The van der Waals surface area contributed by atoms with Gasteiger partial charge in [0.2, 0.25) is 11.8 Å². The van der Waals surface area contributed by atoms with Crippen LogP contribution in [0.4, 0.5) is 25.1 Å². The summed E-state index contributed by atoms with van der Waals surface area (Å²) in [6, 6.07) is 17.1. The first kappa shape index (κ1) is 61.3. The second-order valence-corrected chi connectivity index (χ2v) is 23.6. The number of terminal acetylenes is 1. The summed E-state index contributed by atoms with van der Waals surface area (Å²) in [5.41, 5.74) is 4.82. The van der Waals surface area contributed by atoms with E-state index < -0.39 is 11.6 Å². The van der Waals surface area contributed by atoms with Crippen molar-refractivity contribution in [3.05, 3.63) is 83.1 Å². The van der Waals surface area contributed by atoms with E-state index in [-0.39, 0.29) is 52.5 Å². The number of hydrogen-bond acceptors (Lipinski definition) is 13. The molecule has 0 saturated carbocycles. The number of aryl methyl sites for hydroxylation is 1. The van der Waals surface area contributed by atoms with Crippen molar-refractivity contribution < 1.29 is 37.4 Å². The number of anilines is 2. The number of amides is 3. The number of aromatic nitrogens is 3. The van der Waals surface area contributed by atoms with Crippen LogP contribution in [0.15, 0.2) is 54.7 Å². The van der Waals surface area contributed by atoms with Crippen LogP contribution in [-0.2, 0) is 19.1 Å². The van der Waals surface area contributed by atoms with Gasteiger partial charge in [-0.25, -0.2) is 13.6 Å². The fourth-order valence-corrected chi connectivity index (χ4v) is 12.5. The van der Waals surface area contributed by atoms with Crippen LogP contribution in [0.3, 0.4) is 0 Å². The molecule has 6 aliphatic rings. The Labute approximate surface area is 483 Å². The minimum atomic E-state index is -0.626. The molecule has 3 aromatic carbocycles. The smallest absolute Gasteiger partial charge is 0.409 e. The molecular formula is C65H85F2N9O6. The highest BCUT2D eigenvalue weighted by molar-refractivity contribution is 6.02. The molecule has 6 aliphatic heterocycles. The summed E-state index contributed by atoms with van der Waals surface area (Å²) in [4.78, 5) is 68.4. The molecule has 1 N–H and O–H groups in total. The average molecular weight is 1130 g/mol. The lowest BCUT2D eigenvalue weighted by atomic mass is 9.87. The molecule has 6 saturated heterocycles. The number of carbonyl (C=O) groups excluding carboxylic acids is 4. The van der Waals surface area contributed by atoms with Crippen LogP contribution in [0.25, 0.3) is 32.9 Å². The van der Waals surface area contributed by atoms with Gasteiger partial charge in [-0.15, -0.1) is 6.42 Å². The van der Waals surface area contributed by atoms with E-state index >= 15 is 4.39 Å². The quantitative estimate of drug-likeness (QED) is 0.0802. The van der Waals surface area contributed by atoms with Crippen molar-refractivity contribution in [2.24, 2.45) is 17.8 Å². The first-order valence-corrected chi connectivity index (χ1v) is 29.8. The maximum Gasteiger partial charge on any atom is 0.409 e. The normalized spacial score (nSPS) is 21.9. The number of likely N-dealkylation sites (tertiary alicyclic amines) is 2. The van der Waals surface area contributed by atoms with Crippen LogP contribution in [-0.4, -0.2) is 146 Å². The standard InChI is InChI=1S/C28H44N4O2.C26H22F2N4O.C6H9NO2.C5H10O/c1-21-6-7-23(19-27(21)29(2)3)22-10-15-30(16-11-22)24-12-17-31(18-13-24)28(33)34-20-26-9-8-25-5-4-14-32(25)26;1-4-17-20(27)11-10-16-8-5-9-18(21(16)17)23-22(28)24-19(13-29-23)25(31-26(30-24)33-3)32-12-6-7-15(2)14-32;1-4-2-3-5(8)7-6(4)9;1-3-5(2)4-6/h6-7,19,22,24-26H,4-5,8-18,20H2,1-3H3;1,5,8-11,13,15H,6-7,12,14H2,2-3H3;4H,2-3H2,1H3,(H,7,8,9);4-5H,3H2,1-2H3. The Balaban J connectivity index is 0.000000172. The minimum absolute atomic E-state index is 0.0164. The molecule has 17 heteroatoms. The third-order valence-electron chi connectivity index (χ3n) is 17.6. The third kappa shape index (κ3) is 14.7. The highest BCUT2D eigenvalue weighted by atomic mass is 19.1. The average Bonchev–Trinajstić information content (AvgIpc) is 3.37. The zero-order valence-electron chi connectivity index (χ0n) is 49.5. The number of ether oxygens (including phenoxy) is 2. The number of methoxy groups -OCH3 is 1. The molecule has 0 bridgehead atoms. The number of halogens is 2. The van der Waals surface area contributed by atoms with Crippen LogP contribution < -0.4 is 19.9 Å². The molecule has 440 valence electrons. The van der Waals surface area contributed by atoms with E-state index in [0.717, 1.165) is 70.6 Å². The second kappa shape index (κ2) is 28.5. The van der Waals surface area contributed by atoms with Crippen molar-refractivity contribution in [2.45, 2.75) is 142 Å². The van der Waals surface area contributed by atoms with E-state index in [0.29, 0.717) is 70.9 Å². The van der Waals surface area contributed by atoms with Crippen molar-refractivity contribution in [2.75, 3.05) is 83.4 Å². The second-order valence-electron chi connectivity index (χ2n) is 23.6. The number of carbonyl (C=O) groups is 4. The summed E-state index contributed by atoms with van der Waals surface area (Å²) < 4.78 is 41.5. The Bertz CT molecular complexity index is 3080. The number of nitrogens with one attached hydrogen (secondary N) is 1. The Morgan fingerprint density at radius 2 is 1.67 bits per heavy atom. The fraction of sp³-hybridized carbons (Fsp3) is 0.554. The maximum absolute atomic E-state index is 16.0. The minimum Gasteiger partial charge on any atom is -0.467 e. The van der Waals surface area contributed by atoms with E-state index in [1.165, 1.54) is 88.1 Å². The molecule has 3 amide bonds. The zero-order valence-corrected chi connectivity index (χ0v) is 49.5. The molecule has 6 fully saturated rings. The third-order valence-corrected chi connectivity index (χ3v) is 17.6. The monoisotopic (exact) mass is 1130 g/mol. The number of piperidine rings is 4. The molecule has 2 aromatic heterocycles. The highest BCUT2D eigenvalue weighted by Gasteiger charge is 2.38. The summed E-state index contributed by atoms with van der Waals surface area (Å²) in [6.45, 7) is 17.5. The van der Waals surface area contributed by atoms with Gasteiger partial charge in [0.05, 0.1) is 18.1 Å². The first-order valence-electron chi connectivity index (χ1n) is 29.8. The molecule has 5 aromatic rings. The van der Waals surface area contributed by atoms with Crippen molar-refractivity contribution in [1.82, 2.24) is 35.0 Å². The van der Waals surface area contributed by atoms with E-state index in [1.807, 2.05) is 25.7 Å². The molecule has 8 heterocycles. The van der Waals surface area contributed by atoms with Gasteiger partial charge >= 0.3 is 12.1 Å². The summed E-state index contributed by atoms with van der Waals surface area (Å²) in [6.07, 6.45) is 22.1. The number of nitrogens with zero attached hydrogens (tertiary/aromatic N) is 8. The number of hydrogen-bond donors (Lipinski definition) is 1. The first-order chi connectivity index (χ1) is 39.5. The molecule has 82 heavy (non-hydrogen) atoms. The molecule has 15 nitrogen and oxygen atoms in total. The lowest BCUT2D eigenvalue weighted by Gasteiger charge is -2.41. The molecule has 0 radical (unpaired) electrons. The molecule has 5 atom stereocenters. The Morgan fingerprint density at radius 3 is 2.33 bits per heavy atom. The summed E-state index contributed by atoms with van der Waals surface area (Å²) in [5, 5.41) is 3.90. The summed E-state index contributed by atoms with van der Waals surface area (Å²) in [7, 11) is 5.72. The molecule has 0 spiro atoms. The number of aldehydes is 1. The van der Waals surface area contributed by atoms with Gasteiger partial charge in [0.25, 0.3) is 0 Å². The van der Waals surface area contributed by atoms with Gasteiger partial charge in [0.1, 0.15) is 35.7 Å². The summed E-state index contributed by atoms with van der Waals surface area (Å²) in [5.74, 6) is 3.00. The van der Waals surface area contributed by atoms with E-state index in [1.54, 1.807) is 30.5 Å². The van der Waals surface area contributed by atoms with E-state index in [4.69, 9.17) is 15.9 Å². The number of imide groups is 1. The molecule has 0 aliphatic carbocycles. The van der Waals surface area contributed by atoms with Crippen LogP contribution in [0.1, 0.15) is 134 Å². The highest BCUT2D eigenvalue weighted by Crippen LogP contribution is 2.39. The van der Waals surface area contributed by atoms with Gasteiger partial charge in [-0.3, -0.25) is 24.8 Å². The molecule has 5 unspecified atom stereocenters. The van der Waals surface area contributed by atoms with Crippen LogP contribution in [0, 0.1) is 48.7 Å². The van der Waals surface area contributed by atoms with Gasteiger partial charge in [-0.2, -0.15) is 9.97 Å². The van der Waals surface area contributed by atoms with Crippen LogP contribution in [0.5, 0.6) is 6.01 Å². The van der Waals surface area contributed by atoms with Gasteiger partial charge in [-0.05, 0) is 144 Å². The fourth-order valence-electron chi connectivity index (χ4n) is 12.5. The number of fused-ring (bicyclic) bond motifs is 3. The van der Waals surface area contributed by atoms with Crippen LogP contribution in [0.2, 0.25) is 0 Å². The van der Waals surface area contributed by atoms with Gasteiger partial charge in [0.15, 0.2) is 5.82 Å². The van der Waals surface area contributed by atoms with Gasteiger partial charge in [-0.1, -0.05) is 70.0 Å². The Kier molecular flexibility index (Phi) is 21.3. The topological polar surface area (TPSA) is 154 Å². The maximum atomic E-state index is 16.0. The van der Waals surface area contributed by atoms with Crippen LogP contribution >= 0.6 is 0 Å². The predicted octanol–water partition coefficient (Wildman–Crippen LogP) is 11.1. The van der Waals surface area contributed by atoms with Crippen molar-refractivity contribution in [3.63, 3.8) is 0 Å². The zero-order chi connectivity index (χ0) is 58.6. The van der Waals surface area contributed by atoms with Crippen molar-refractivity contribution >= 4 is 57.4 Å². The van der Waals surface area contributed by atoms with Crippen molar-refractivity contribution in [3.8, 4) is 29.6 Å². The molecular weight excluding hydrogens is 1040 g/mol. The van der Waals surface area contributed by atoms with Crippen molar-refractivity contribution in [1.29, 1.82) is 0 Å². The largest absolute Gasteiger partial charge is 0.467 e. The summed E-state index contributed by atoms with van der Waals surface area (Å²) >= 11 is 0. The number of rotatable bonds is 10. The molecule has 11 rings (SSSR count). The lowest BCUT2D eigenvalue weighted by molar-refractivity contribution is -0.135. The Hall–Kier alpha value is -6.77. The van der Waals surface area contributed by atoms with E-state index in [9.17, 15) is 23.6 Å². The number of pyridine rings is 1. The van der Waals surface area contributed by atoms with E-state index in [2.05, 4.69) is 91.9 Å². The van der Waals surface area contributed by atoms with Gasteiger partial charge < -0.3 is 33.9 Å². The Morgan fingerprint density at radius 1 is 0.915 bits per heavy atom. The lowest BCUT2D eigenvalue weighted by Crippen LogP contribution is -2.49. The van der Waals surface area contributed by atoms with Gasteiger partial charge in [0, 0.05) is 99.5 Å².